The summed E-state index contributed by atoms with van der Waals surface area (Å²) in [4.78, 5) is 11.4. The van der Waals surface area contributed by atoms with Gasteiger partial charge in [0.1, 0.15) is 11.5 Å². The summed E-state index contributed by atoms with van der Waals surface area (Å²) in [5.41, 5.74) is 4.50. The van der Waals surface area contributed by atoms with Gasteiger partial charge in [0.05, 0.1) is 0 Å². The van der Waals surface area contributed by atoms with Gasteiger partial charge in [0.15, 0.2) is 5.60 Å². The smallest absolute Gasteiger partial charge is 0.308 e. The van der Waals surface area contributed by atoms with Crippen molar-refractivity contribution in [3.63, 3.8) is 0 Å². The van der Waals surface area contributed by atoms with Gasteiger partial charge in [0, 0.05) is 24.5 Å². The van der Waals surface area contributed by atoms with Crippen LogP contribution in [0.15, 0.2) is 30.3 Å². The minimum absolute atomic E-state index is 0.300. The number of fused-ring (bicyclic) bond motifs is 1. The van der Waals surface area contributed by atoms with Crippen LogP contribution in [0.5, 0.6) is 11.5 Å². The molecule has 2 aromatic carbocycles. The van der Waals surface area contributed by atoms with Gasteiger partial charge < -0.3 is 9.47 Å². The molecule has 3 nitrogen and oxygen atoms in total. The Morgan fingerprint density at radius 1 is 1.12 bits per heavy atom. The second-order valence-electron chi connectivity index (χ2n) is 7.05. The number of carbonyl (C=O) groups excluding carboxylic acids is 1. The highest BCUT2D eigenvalue weighted by atomic mass is 16.5. The van der Waals surface area contributed by atoms with Crippen molar-refractivity contribution in [2.45, 2.75) is 53.1 Å². The number of ether oxygens (including phenoxy) is 2. The van der Waals surface area contributed by atoms with Gasteiger partial charge in [-0.3, -0.25) is 4.79 Å². The first-order valence-electron chi connectivity index (χ1n) is 8.89. The van der Waals surface area contributed by atoms with E-state index in [-0.39, 0.29) is 5.97 Å². The quantitative estimate of drug-likeness (QED) is 0.427. The maximum Gasteiger partial charge on any atom is 0.308 e. The second-order valence-corrected chi connectivity index (χ2v) is 7.05. The summed E-state index contributed by atoms with van der Waals surface area (Å²) in [5.74, 6) is 7.78. The first-order chi connectivity index (χ1) is 12.3. The summed E-state index contributed by atoms with van der Waals surface area (Å²) < 4.78 is 11.8. The lowest BCUT2D eigenvalue weighted by atomic mass is 9.87. The Hall–Kier alpha value is -2.73. The molecule has 0 bridgehead atoms. The number of benzene rings is 2. The second kappa shape index (κ2) is 6.88. The maximum atomic E-state index is 11.4. The lowest BCUT2D eigenvalue weighted by Gasteiger charge is -2.34. The molecule has 1 unspecified atom stereocenters. The summed E-state index contributed by atoms with van der Waals surface area (Å²) in [6.45, 7) is 9.43. The van der Waals surface area contributed by atoms with Crippen LogP contribution in [0.1, 0.15) is 48.1 Å². The fraction of sp³-hybridized carbons (Fsp3) is 0.348. The van der Waals surface area contributed by atoms with Crippen LogP contribution in [0.25, 0.3) is 0 Å². The molecule has 3 heteroatoms. The van der Waals surface area contributed by atoms with Gasteiger partial charge in [-0.25, -0.2) is 0 Å². The molecule has 1 atom stereocenters. The third kappa shape index (κ3) is 3.46. The van der Waals surface area contributed by atoms with Gasteiger partial charge in [-0.1, -0.05) is 30.0 Å². The molecule has 0 aliphatic carbocycles. The summed E-state index contributed by atoms with van der Waals surface area (Å²) in [7, 11) is 0. The van der Waals surface area contributed by atoms with E-state index in [0.29, 0.717) is 5.75 Å². The molecule has 0 saturated heterocycles. The molecule has 1 aliphatic rings. The van der Waals surface area contributed by atoms with E-state index in [1.54, 1.807) is 0 Å². The van der Waals surface area contributed by atoms with Crippen molar-refractivity contribution in [3.05, 3.63) is 58.1 Å². The molecule has 0 saturated carbocycles. The van der Waals surface area contributed by atoms with Crippen LogP contribution >= 0.6 is 0 Å². The Bertz CT molecular complexity index is 916. The maximum absolute atomic E-state index is 11.4. The Morgan fingerprint density at radius 2 is 1.81 bits per heavy atom. The third-order valence-corrected chi connectivity index (χ3v) is 4.98. The number of hydrogen-bond acceptors (Lipinski definition) is 3. The molecule has 2 aromatic rings. The number of hydrogen-bond donors (Lipinski definition) is 0. The van der Waals surface area contributed by atoms with Gasteiger partial charge in [0.2, 0.25) is 0 Å². The molecule has 0 radical (unpaired) electrons. The average molecular weight is 348 g/mol. The summed E-state index contributed by atoms with van der Waals surface area (Å²) in [5, 5.41) is 0. The highest BCUT2D eigenvalue weighted by Crippen LogP contribution is 2.43. The monoisotopic (exact) mass is 348 g/mol. The first-order valence-corrected chi connectivity index (χ1v) is 8.89. The van der Waals surface area contributed by atoms with Crippen molar-refractivity contribution < 1.29 is 14.3 Å². The van der Waals surface area contributed by atoms with Gasteiger partial charge >= 0.3 is 5.97 Å². The molecule has 1 heterocycles. The van der Waals surface area contributed by atoms with E-state index >= 15 is 0 Å². The zero-order valence-corrected chi connectivity index (χ0v) is 16.0. The molecule has 26 heavy (non-hydrogen) atoms. The first kappa shape index (κ1) is 18.1. The van der Waals surface area contributed by atoms with E-state index in [0.717, 1.165) is 46.4 Å². The van der Waals surface area contributed by atoms with E-state index in [9.17, 15) is 4.79 Å². The van der Waals surface area contributed by atoms with Crippen molar-refractivity contribution in [3.8, 4) is 23.3 Å². The van der Waals surface area contributed by atoms with E-state index in [1.165, 1.54) is 6.92 Å². The molecular weight excluding hydrogens is 324 g/mol. The zero-order chi connectivity index (χ0) is 18.9. The Morgan fingerprint density at radius 3 is 2.46 bits per heavy atom. The van der Waals surface area contributed by atoms with Crippen LogP contribution in [0.3, 0.4) is 0 Å². The number of carbonyl (C=O) groups is 1. The number of rotatable bonds is 1. The van der Waals surface area contributed by atoms with Gasteiger partial charge in [-0.05, 0) is 62.9 Å². The third-order valence-electron chi connectivity index (χ3n) is 4.98. The normalized spacial score (nSPS) is 18.2. The summed E-state index contributed by atoms with van der Waals surface area (Å²) in [6, 6.07) is 9.94. The van der Waals surface area contributed by atoms with E-state index in [1.807, 2.05) is 58.0 Å². The fourth-order valence-electron chi connectivity index (χ4n) is 3.35. The van der Waals surface area contributed by atoms with Crippen molar-refractivity contribution in [2.75, 3.05) is 0 Å². The van der Waals surface area contributed by atoms with Crippen LogP contribution in [0.4, 0.5) is 0 Å². The minimum atomic E-state index is -0.532. The highest BCUT2D eigenvalue weighted by Gasteiger charge is 2.33. The Balaban J connectivity index is 1.98. The van der Waals surface area contributed by atoms with E-state index < -0.39 is 5.60 Å². The predicted molar refractivity (Wildman–Crippen MR) is 103 cm³/mol. The van der Waals surface area contributed by atoms with Crippen LogP contribution in [0.2, 0.25) is 0 Å². The standard InChI is InChI=1S/C23H24O3/c1-15-16(2)22-20(17(3)21(15)25-18(4)24)12-14-23(5,26-22)13-11-19-9-7-6-8-10-19/h6-10H,12,14H2,1-5H3. The largest absolute Gasteiger partial charge is 0.474 e. The molecule has 3 rings (SSSR count). The van der Waals surface area contributed by atoms with Gasteiger partial charge in [-0.15, -0.1) is 0 Å². The lowest BCUT2D eigenvalue weighted by molar-refractivity contribution is -0.132. The molecule has 134 valence electrons. The van der Waals surface area contributed by atoms with Crippen LogP contribution in [0, 0.1) is 32.6 Å². The summed E-state index contributed by atoms with van der Waals surface area (Å²) >= 11 is 0. The molecule has 0 N–H and O–H groups in total. The fourth-order valence-corrected chi connectivity index (χ4v) is 3.35. The van der Waals surface area contributed by atoms with E-state index in [2.05, 4.69) is 11.8 Å². The van der Waals surface area contributed by atoms with Gasteiger partial charge in [-0.2, -0.15) is 0 Å². The molecule has 1 aliphatic heterocycles. The lowest BCUT2D eigenvalue weighted by Crippen LogP contribution is -2.35. The molecule has 0 amide bonds. The highest BCUT2D eigenvalue weighted by molar-refractivity contribution is 5.72. The topological polar surface area (TPSA) is 35.5 Å². The van der Waals surface area contributed by atoms with Crippen molar-refractivity contribution in [2.24, 2.45) is 0 Å². The predicted octanol–water partition coefficient (Wildman–Crippen LogP) is 4.67. The Kier molecular flexibility index (Phi) is 4.78. The van der Waals surface area contributed by atoms with Crippen molar-refractivity contribution in [1.29, 1.82) is 0 Å². The number of esters is 1. The van der Waals surface area contributed by atoms with E-state index in [4.69, 9.17) is 9.47 Å². The molecule has 0 spiro atoms. The van der Waals surface area contributed by atoms with Crippen LogP contribution in [-0.4, -0.2) is 11.6 Å². The van der Waals surface area contributed by atoms with Gasteiger partial charge in [0.25, 0.3) is 0 Å². The summed E-state index contributed by atoms with van der Waals surface area (Å²) in [6.07, 6.45) is 1.64. The Labute approximate surface area is 155 Å². The average Bonchev–Trinajstić information content (AvgIpc) is 2.62. The molecule has 0 aromatic heterocycles. The van der Waals surface area contributed by atoms with Crippen molar-refractivity contribution in [1.82, 2.24) is 0 Å². The SMILES string of the molecule is CC(=O)Oc1c(C)c(C)c2c(c1C)CCC(C)(C#Cc1ccccc1)O2. The molecule has 0 fully saturated rings. The van der Waals surface area contributed by atoms with Crippen molar-refractivity contribution >= 4 is 5.97 Å². The minimum Gasteiger partial charge on any atom is -0.474 e. The molecular formula is C23H24O3. The van der Waals surface area contributed by atoms with Crippen LogP contribution in [-0.2, 0) is 11.2 Å². The zero-order valence-electron chi connectivity index (χ0n) is 16.0. The van der Waals surface area contributed by atoms with Crippen LogP contribution < -0.4 is 9.47 Å².